The van der Waals surface area contributed by atoms with Crippen LogP contribution in [0.25, 0.3) is 0 Å². The zero-order valence-electron chi connectivity index (χ0n) is 10.1. The molecule has 0 aliphatic carbocycles. The van der Waals surface area contributed by atoms with Gasteiger partial charge in [0, 0.05) is 11.3 Å². The van der Waals surface area contributed by atoms with Crippen molar-refractivity contribution in [2.45, 2.75) is 6.54 Å². The molecule has 0 saturated carbocycles. The van der Waals surface area contributed by atoms with Crippen molar-refractivity contribution >= 4 is 11.6 Å². The molecule has 1 heterocycles. The van der Waals surface area contributed by atoms with E-state index in [0.29, 0.717) is 6.54 Å². The summed E-state index contributed by atoms with van der Waals surface area (Å²) in [7, 11) is 1.61. The van der Waals surface area contributed by atoms with Gasteiger partial charge in [-0.3, -0.25) is 4.79 Å². The minimum atomic E-state index is 0.0371. The van der Waals surface area contributed by atoms with Gasteiger partial charge in [0.05, 0.1) is 13.7 Å². The molecule has 3 rings (SSSR count). The lowest BCUT2D eigenvalue weighted by Crippen LogP contribution is -2.22. The highest BCUT2D eigenvalue weighted by Crippen LogP contribution is 2.30. The Morgan fingerprint density at radius 2 is 1.89 bits per heavy atom. The maximum atomic E-state index is 12.3. The Labute approximate surface area is 106 Å². The van der Waals surface area contributed by atoms with E-state index in [1.165, 1.54) is 0 Å². The number of rotatable bonds is 2. The van der Waals surface area contributed by atoms with Crippen LogP contribution in [0.2, 0.25) is 0 Å². The zero-order chi connectivity index (χ0) is 12.5. The van der Waals surface area contributed by atoms with Crippen LogP contribution in [-0.4, -0.2) is 13.0 Å². The molecule has 0 N–H and O–H groups in total. The topological polar surface area (TPSA) is 29.5 Å². The normalized spacial score (nSPS) is 13.6. The maximum absolute atomic E-state index is 12.3. The third kappa shape index (κ3) is 1.64. The van der Waals surface area contributed by atoms with Gasteiger partial charge in [-0.1, -0.05) is 24.3 Å². The summed E-state index contributed by atoms with van der Waals surface area (Å²) in [6, 6.07) is 15.4. The highest BCUT2D eigenvalue weighted by Gasteiger charge is 2.28. The number of ether oxygens (including phenoxy) is 1. The van der Waals surface area contributed by atoms with E-state index in [1.807, 2.05) is 42.5 Å². The highest BCUT2D eigenvalue weighted by molar-refractivity contribution is 6.10. The molecule has 3 nitrogen and oxygen atoms in total. The van der Waals surface area contributed by atoms with Crippen molar-refractivity contribution < 1.29 is 9.53 Å². The molecule has 0 saturated heterocycles. The second kappa shape index (κ2) is 4.18. The summed E-state index contributed by atoms with van der Waals surface area (Å²) in [5, 5.41) is 0. The quantitative estimate of drug-likeness (QED) is 0.806. The number of methoxy groups -OCH3 is 1. The van der Waals surface area contributed by atoms with Gasteiger partial charge in [0.25, 0.3) is 5.91 Å². The molecule has 0 fully saturated rings. The average molecular weight is 239 g/mol. The van der Waals surface area contributed by atoms with Crippen LogP contribution in [0.3, 0.4) is 0 Å². The highest BCUT2D eigenvalue weighted by atomic mass is 16.5. The lowest BCUT2D eigenvalue weighted by atomic mass is 10.1. The Morgan fingerprint density at radius 1 is 1.11 bits per heavy atom. The van der Waals surface area contributed by atoms with Gasteiger partial charge in [-0.2, -0.15) is 0 Å². The van der Waals surface area contributed by atoms with E-state index in [9.17, 15) is 4.79 Å². The number of carbonyl (C=O) groups excluding carboxylic acids is 1. The fraction of sp³-hybridized carbons (Fsp3) is 0.133. The molecular formula is C15H13NO2. The number of benzene rings is 2. The van der Waals surface area contributed by atoms with Crippen LogP contribution in [0.4, 0.5) is 5.69 Å². The molecule has 2 aromatic rings. The average Bonchev–Trinajstić information content (AvgIpc) is 2.77. The fourth-order valence-electron chi connectivity index (χ4n) is 2.22. The Balaban J connectivity index is 1.99. The molecule has 0 unspecified atom stereocenters. The minimum Gasteiger partial charge on any atom is -0.497 e. The zero-order valence-corrected chi connectivity index (χ0v) is 10.1. The molecule has 90 valence electrons. The second-order valence-electron chi connectivity index (χ2n) is 4.25. The molecule has 2 aromatic carbocycles. The van der Waals surface area contributed by atoms with Crippen LogP contribution in [0.1, 0.15) is 15.9 Å². The fourth-order valence-corrected chi connectivity index (χ4v) is 2.22. The van der Waals surface area contributed by atoms with Crippen LogP contribution in [0, 0.1) is 0 Å². The molecule has 1 aliphatic rings. The number of hydrogen-bond donors (Lipinski definition) is 0. The van der Waals surface area contributed by atoms with E-state index in [2.05, 4.69) is 0 Å². The van der Waals surface area contributed by atoms with Gasteiger partial charge in [0.15, 0.2) is 0 Å². The van der Waals surface area contributed by atoms with Gasteiger partial charge in [0.1, 0.15) is 5.75 Å². The van der Waals surface area contributed by atoms with Crippen LogP contribution >= 0.6 is 0 Å². The van der Waals surface area contributed by atoms with Crippen molar-refractivity contribution in [3.8, 4) is 5.75 Å². The van der Waals surface area contributed by atoms with Gasteiger partial charge in [-0.25, -0.2) is 0 Å². The van der Waals surface area contributed by atoms with Gasteiger partial charge in [-0.05, 0) is 29.8 Å². The monoisotopic (exact) mass is 239 g/mol. The predicted octanol–water partition coefficient (Wildman–Crippen LogP) is 2.86. The lowest BCUT2D eigenvalue weighted by molar-refractivity contribution is 0.0996. The number of nitrogens with zero attached hydrogens (tertiary/aromatic N) is 1. The van der Waals surface area contributed by atoms with E-state index in [0.717, 1.165) is 22.6 Å². The van der Waals surface area contributed by atoms with Crippen LogP contribution in [0.15, 0.2) is 48.5 Å². The lowest BCUT2D eigenvalue weighted by Gasteiger charge is -2.15. The van der Waals surface area contributed by atoms with E-state index >= 15 is 0 Å². The number of amides is 1. The molecule has 0 aromatic heterocycles. The molecule has 18 heavy (non-hydrogen) atoms. The van der Waals surface area contributed by atoms with Gasteiger partial charge in [-0.15, -0.1) is 0 Å². The predicted molar refractivity (Wildman–Crippen MR) is 69.9 cm³/mol. The number of anilines is 1. The number of hydrogen-bond acceptors (Lipinski definition) is 2. The van der Waals surface area contributed by atoms with Crippen molar-refractivity contribution in [1.82, 2.24) is 0 Å². The summed E-state index contributed by atoms with van der Waals surface area (Å²) in [6.45, 7) is 0.627. The Hall–Kier alpha value is -2.29. The third-order valence-corrected chi connectivity index (χ3v) is 3.19. The summed E-state index contributed by atoms with van der Waals surface area (Å²) in [4.78, 5) is 14.1. The Kier molecular flexibility index (Phi) is 2.52. The summed E-state index contributed by atoms with van der Waals surface area (Å²) in [5.74, 6) is 0.757. The SMILES string of the molecule is COc1ccc2c(c1)C(=O)N(c1ccccc1)C2. The van der Waals surface area contributed by atoms with Crippen molar-refractivity contribution in [2.24, 2.45) is 0 Å². The van der Waals surface area contributed by atoms with Gasteiger partial charge in [0.2, 0.25) is 0 Å². The molecular weight excluding hydrogens is 226 g/mol. The van der Waals surface area contributed by atoms with Crippen LogP contribution in [-0.2, 0) is 6.54 Å². The summed E-state index contributed by atoms with van der Waals surface area (Å²) in [5.41, 5.74) is 2.71. The largest absolute Gasteiger partial charge is 0.497 e. The molecule has 1 aliphatic heterocycles. The molecule has 0 bridgehead atoms. The minimum absolute atomic E-state index is 0.0371. The van der Waals surface area contributed by atoms with Crippen molar-refractivity contribution in [1.29, 1.82) is 0 Å². The number of fused-ring (bicyclic) bond motifs is 1. The van der Waals surface area contributed by atoms with Crippen molar-refractivity contribution in [3.63, 3.8) is 0 Å². The summed E-state index contributed by atoms with van der Waals surface area (Å²) in [6.07, 6.45) is 0. The van der Waals surface area contributed by atoms with E-state index < -0.39 is 0 Å². The summed E-state index contributed by atoms with van der Waals surface area (Å²) >= 11 is 0. The maximum Gasteiger partial charge on any atom is 0.259 e. The first-order valence-corrected chi connectivity index (χ1v) is 5.83. The van der Waals surface area contributed by atoms with E-state index in [-0.39, 0.29) is 5.91 Å². The first kappa shape index (κ1) is 10.8. The van der Waals surface area contributed by atoms with Crippen molar-refractivity contribution in [2.75, 3.05) is 12.0 Å². The van der Waals surface area contributed by atoms with E-state index in [4.69, 9.17) is 4.74 Å². The van der Waals surface area contributed by atoms with Gasteiger partial charge >= 0.3 is 0 Å². The standard InChI is InChI=1S/C15H13NO2/c1-18-13-8-7-11-10-16(15(17)14(11)9-13)12-5-3-2-4-6-12/h2-9H,10H2,1H3. The molecule has 3 heteroatoms. The third-order valence-electron chi connectivity index (χ3n) is 3.19. The first-order valence-electron chi connectivity index (χ1n) is 5.83. The number of para-hydroxylation sites is 1. The second-order valence-corrected chi connectivity index (χ2v) is 4.25. The molecule has 0 spiro atoms. The summed E-state index contributed by atoms with van der Waals surface area (Å²) < 4.78 is 5.16. The smallest absolute Gasteiger partial charge is 0.259 e. The number of carbonyl (C=O) groups is 1. The Morgan fingerprint density at radius 3 is 2.61 bits per heavy atom. The Bertz CT molecular complexity index is 593. The molecule has 1 amide bonds. The first-order chi connectivity index (χ1) is 8.79. The van der Waals surface area contributed by atoms with Gasteiger partial charge < -0.3 is 9.64 Å². The van der Waals surface area contributed by atoms with Crippen LogP contribution < -0.4 is 9.64 Å². The van der Waals surface area contributed by atoms with Crippen molar-refractivity contribution in [3.05, 3.63) is 59.7 Å². The van der Waals surface area contributed by atoms with E-state index in [1.54, 1.807) is 18.1 Å². The van der Waals surface area contributed by atoms with Crippen LogP contribution in [0.5, 0.6) is 5.75 Å². The molecule has 0 atom stereocenters. The molecule has 0 radical (unpaired) electrons.